The number of hydrogen-bond donors (Lipinski definition) is 1. The predicted octanol–water partition coefficient (Wildman–Crippen LogP) is -0.556. The molecule has 6 nitrogen and oxygen atoms in total. The molecule has 2 unspecified atom stereocenters. The highest BCUT2D eigenvalue weighted by Gasteiger charge is 2.38. The molecule has 0 spiro atoms. The molecule has 0 saturated carbocycles. The molecule has 2 aliphatic rings. The van der Waals surface area contributed by atoms with Gasteiger partial charge >= 0.3 is 0 Å². The Morgan fingerprint density at radius 3 is 2.58 bits per heavy atom. The van der Waals surface area contributed by atoms with E-state index in [-0.39, 0.29) is 17.9 Å². The molecule has 2 aliphatic heterocycles. The average molecular weight is 269 g/mol. The summed E-state index contributed by atoms with van der Waals surface area (Å²) in [6.45, 7) is 5.53. The van der Waals surface area contributed by atoms with Gasteiger partial charge in [0, 0.05) is 39.8 Å². The van der Waals surface area contributed by atoms with Crippen LogP contribution in [0.15, 0.2) is 0 Å². The molecule has 2 saturated heterocycles. The van der Waals surface area contributed by atoms with Crippen LogP contribution in [-0.4, -0.2) is 73.6 Å². The third-order valence-corrected chi connectivity index (χ3v) is 3.95. The Hall–Kier alpha value is -1.14. The minimum atomic E-state index is -0.476. The van der Waals surface area contributed by atoms with E-state index < -0.39 is 6.10 Å². The maximum absolute atomic E-state index is 12.5. The van der Waals surface area contributed by atoms with Gasteiger partial charge in [0.05, 0.1) is 0 Å². The van der Waals surface area contributed by atoms with Crippen molar-refractivity contribution in [1.29, 1.82) is 0 Å². The summed E-state index contributed by atoms with van der Waals surface area (Å²) in [6, 6.07) is -0.289. The van der Waals surface area contributed by atoms with Crippen LogP contribution in [0.4, 0.5) is 0 Å². The molecule has 1 N–H and O–H groups in total. The molecule has 0 aromatic heterocycles. The third-order valence-electron chi connectivity index (χ3n) is 3.95. The third kappa shape index (κ3) is 3.06. The van der Waals surface area contributed by atoms with E-state index in [0.717, 1.165) is 39.0 Å². The molecule has 0 radical (unpaired) electrons. The predicted molar refractivity (Wildman–Crippen MR) is 70.7 cm³/mol. The number of nitrogens with one attached hydrogen (secondary N) is 1. The van der Waals surface area contributed by atoms with Gasteiger partial charge in [-0.1, -0.05) is 0 Å². The van der Waals surface area contributed by atoms with Crippen LogP contribution in [-0.2, 0) is 14.3 Å². The fraction of sp³-hybridized carbons (Fsp3) is 0.846. The normalized spacial score (nSPS) is 25.5. The molecular weight excluding hydrogens is 246 g/mol. The van der Waals surface area contributed by atoms with Gasteiger partial charge in [0.15, 0.2) is 0 Å². The van der Waals surface area contributed by atoms with E-state index in [1.807, 2.05) is 4.90 Å². The van der Waals surface area contributed by atoms with Gasteiger partial charge in [-0.3, -0.25) is 9.59 Å². The summed E-state index contributed by atoms with van der Waals surface area (Å²) in [7, 11) is 1.52. The van der Waals surface area contributed by atoms with E-state index in [2.05, 4.69) is 5.32 Å². The Morgan fingerprint density at radius 2 is 1.95 bits per heavy atom. The molecule has 2 fully saturated rings. The monoisotopic (exact) mass is 269 g/mol. The Bertz CT molecular complexity index is 342. The number of hydrogen-bond acceptors (Lipinski definition) is 4. The molecule has 2 heterocycles. The molecule has 0 bridgehead atoms. The van der Waals surface area contributed by atoms with Crippen molar-refractivity contribution in [1.82, 2.24) is 15.1 Å². The van der Waals surface area contributed by atoms with Gasteiger partial charge in [0.2, 0.25) is 5.91 Å². The number of piperazine rings is 1. The zero-order chi connectivity index (χ0) is 13.8. The number of ether oxygens (including phenoxy) is 1. The van der Waals surface area contributed by atoms with Crippen LogP contribution in [0.1, 0.15) is 19.8 Å². The van der Waals surface area contributed by atoms with Gasteiger partial charge in [-0.05, 0) is 19.8 Å². The van der Waals surface area contributed by atoms with Crippen LogP contribution >= 0.6 is 0 Å². The molecule has 2 atom stereocenters. The Morgan fingerprint density at radius 1 is 1.26 bits per heavy atom. The summed E-state index contributed by atoms with van der Waals surface area (Å²) in [4.78, 5) is 28.2. The van der Waals surface area contributed by atoms with E-state index in [4.69, 9.17) is 4.74 Å². The topological polar surface area (TPSA) is 61.9 Å². The van der Waals surface area contributed by atoms with Gasteiger partial charge in [-0.2, -0.15) is 0 Å². The van der Waals surface area contributed by atoms with Crippen LogP contribution < -0.4 is 5.32 Å². The largest absolute Gasteiger partial charge is 0.372 e. The molecule has 19 heavy (non-hydrogen) atoms. The molecule has 0 aromatic rings. The van der Waals surface area contributed by atoms with Crippen LogP contribution in [0.25, 0.3) is 0 Å². The summed E-state index contributed by atoms with van der Waals surface area (Å²) in [5, 5.41) is 3.23. The highest BCUT2D eigenvalue weighted by molar-refractivity contribution is 5.90. The van der Waals surface area contributed by atoms with Crippen LogP contribution in [0, 0.1) is 0 Å². The number of carbonyl (C=O) groups is 2. The quantitative estimate of drug-likeness (QED) is 0.746. The zero-order valence-electron chi connectivity index (χ0n) is 11.7. The number of amides is 2. The summed E-state index contributed by atoms with van der Waals surface area (Å²) < 4.78 is 5.07. The molecule has 6 heteroatoms. The summed E-state index contributed by atoms with van der Waals surface area (Å²) in [5.41, 5.74) is 0. The first-order valence-electron chi connectivity index (χ1n) is 6.98. The average Bonchev–Trinajstić information content (AvgIpc) is 2.95. The number of carbonyl (C=O) groups excluding carboxylic acids is 2. The highest BCUT2D eigenvalue weighted by atomic mass is 16.5. The summed E-state index contributed by atoms with van der Waals surface area (Å²) in [6.07, 6.45) is 1.19. The second-order valence-corrected chi connectivity index (χ2v) is 5.14. The van der Waals surface area contributed by atoms with Crippen molar-refractivity contribution in [2.75, 3.05) is 39.8 Å². The number of rotatable bonds is 3. The van der Waals surface area contributed by atoms with Gasteiger partial charge in [-0.25, -0.2) is 0 Å². The molecule has 2 amide bonds. The molecular formula is C13H23N3O3. The SMILES string of the molecule is COC(C)C(=O)N1CCCC1C(=O)N1CCNCC1. The highest BCUT2D eigenvalue weighted by Crippen LogP contribution is 2.21. The van der Waals surface area contributed by atoms with E-state index in [1.165, 1.54) is 7.11 Å². The van der Waals surface area contributed by atoms with Crippen molar-refractivity contribution >= 4 is 11.8 Å². The van der Waals surface area contributed by atoms with Gasteiger partial charge in [0.1, 0.15) is 12.1 Å². The first kappa shape index (κ1) is 14.3. The van der Waals surface area contributed by atoms with Gasteiger partial charge in [0.25, 0.3) is 5.91 Å². The Labute approximate surface area is 114 Å². The lowest BCUT2D eigenvalue weighted by Gasteiger charge is -2.33. The summed E-state index contributed by atoms with van der Waals surface area (Å²) >= 11 is 0. The van der Waals surface area contributed by atoms with E-state index in [1.54, 1.807) is 11.8 Å². The second-order valence-electron chi connectivity index (χ2n) is 5.14. The maximum atomic E-state index is 12.5. The summed E-state index contributed by atoms with van der Waals surface area (Å²) in [5.74, 6) is 0.0177. The molecule has 108 valence electrons. The van der Waals surface area contributed by atoms with E-state index in [9.17, 15) is 9.59 Å². The molecule has 0 aromatic carbocycles. The van der Waals surface area contributed by atoms with Gasteiger partial charge < -0.3 is 19.9 Å². The van der Waals surface area contributed by atoms with Crippen LogP contribution in [0.3, 0.4) is 0 Å². The lowest BCUT2D eigenvalue weighted by molar-refractivity contribution is -0.149. The van der Waals surface area contributed by atoms with Crippen molar-refractivity contribution in [3.05, 3.63) is 0 Å². The Balaban J connectivity index is 2.01. The van der Waals surface area contributed by atoms with Gasteiger partial charge in [-0.15, -0.1) is 0 Å². The van der Waals surface area contributed by atoms with E-state index >= 15 is 0 Å². The minimum Gasteiger partial charge on any atom is -0.372 e. The van der Waals surface area contributed by atoms with Crippen molar-refractivity contribution in [3.63, 3.8) is 0 Å². The lowest BCUT2D eigenvalue weighted by Crippen LogP contribution is -2.54. The number of likely N-dealkylation sites (tertiary alicyclic amines) is 1. The minimum absolute atomic E-state index is 0.0755. The smallest absolute Gasteiger partial charge is 0.252 e. The first-order valence-corrected chi connectivity index (χ1v) is 6.98. The fourth-order valence-electron chi connectivity index (χ4n) is 2.72. The zero-order valence-corrected chi connectivity index (χ0v) is 11.7. The van der Waals surface area contributed by atoms with Crippen LogP contribution in [0.5, 0.6) is 0 Å². The van der Waals surface area contributed by atoms with Crippen molar-refractivity contribution in [3.8, 4) is 0 Å². The van der Waals surface area contributed by atoms with Crippen molar-refractivity contribution in [2.24, 2.45) is 0 Å². The molecule has 2 rings (SSSR count). The number of nitrogens with zero attached hydrogens (tertiary/aromatic N) is 2. The first-order chi connectivity index (χ1) is 9.15. The van der Waals surface area contributed by atoms with Crippen molar-refractivity contribution < 1.29 is 14.3 Å². The molecule has 0 aliphatic carbocycles. The second kappa shape index (κ2) is 6.34. The maximum Gasteiger partial charge on any atom is 0.252 e. The lowest BCUT2D eigenvalue weighted by atomic mass is 10.1. The Kier molecular flexibility index (Phi) is 4.76. The number of methoxy groups -OCH3 is 1. The van der Waals surface area contributed by atoms with Crippen LogP contribution in [0.2, 0.25) is 0 Å². The van der Waals surface area contributed by atoms with Crippen molar-refractivity contribution in [2.45, 2.75) is 31.9 Å². The standard InChI is InChI=1S/C13H23N3O3/c1-10(19-2)12(17)16-7-3-4-11(16)13(18)15-8-5-14-6-9-15/h10-11,14H,3-9H2,1-2H3. The fourth-order valence-corrected chi connectivity index (χ4v) is 2.72. The van der Waals surface area contributed by atoms with E-state index in [0.29, 0.717) is 6.54 Å².